The average molecular weight is 299 g/mol. The highest BCUT2D eigenvalue weighted by atomic mass is 16.3. The highest BCUT2D eigenvalue weighted by Crippen LogP contribution is 2.25. The van der Waals surface area contributed by atoms with Crippen LogP contribution in [-0.2, 0) is 7.05 Å². The minimum absolute atomic E-state index is 0.0309. The highest BCUT2D eigenvalue weighted by molar-refractivity contribution is 5.99. The van der Waals surface area contributed by atoms with E-state index in [2.05, 4.69) is 5.10 Å². The molecule has 1 aromatic heterocycles. The van der Waals surface area contributed by atoms with Crippen LogP contribution in [0, 0.1) is 5.92 Å². The van der Waals surface area contributed by atoms with Crippen LogP contribution >= 0.6 is 0 Å². The standard InChI is InChI=1S/C17H21N3O2/c1-19-11-15(16(18-19)14-5-3-2-4-6-14)17(22)20-9-7-13(12-21)8-10-20/h2-6,11,13,21H,7-10,12H2,1H3. The number of piperidine rings is 1. The van der Waals surface area contributed by atoms with E-state index in [-0.39, 0.29) is 12.5 Å². The predicted molar refractivity (Wildman–Crippen MR) is 84.4 cm³/mol. The molecule has 1 aliphatic rings. The van der Waals surface area contributed by atoms with Gasteiger partial charge in [-0.25, -0.2) is 0 Å². The van der Waals surface area contributed by atoms with Gasteiger partial charge in [-0.3, -0.25) is 9.48 Å². The number of amides is 1. The maximum absolute atomic E-state index is 12.8. The van der Waals surface area contributed by atoms with E-state index in [0.717, 1.165) is 24.1 Å². The van der Waals surface area contributed by atoms with Crippen molar-refractivity contribution < 1.29 is 9.90 Å². The van der Waals surface area contributed by atoms with Crippen molar-refractivity contribution in [2.45, 2.75) is 12.8 Å². The molecule has 3 rings (SSSR count). The molecule has 2 aromatic rings. The van der Waals surface area contributed by atoms with E-state index < -0.39 is 0 Å². The summed E-state index contributed by atoms with van der Waals surface area (Å²) < 4.78 is 1.69. The van der Waals surface area contributed by atoms with Gasteiger partial charge in [0.1, 0.15) is 5.69 Å². The molecule has 22 heavy (non-hydrogen) atoms. The van der Waals surface area contributed by atoms with Crippen LogP contribution in [-0.4, -0.2) is 45.4 Å². The van der Waals surface area contributed by atoms with Crippen LogP contribution in [0.4, 0.5) is 0 Å². The first-order valence-corrected chi connectivity index (χ1v) is 7.68. The molecule has 5 nitrogen and oxygen atoms in total. The summed E-state index contributed by atoms with van der Waals surface area (Å²) in [6, 6.07) is 9.79. The third kappa shape index (κ3) is 2.90. The van der Waals surface area contributed by atoms with Crippen LogP contribution in [0.2, 0.25) is 0 Å². The maximum atomic E-state index is 12.8. The van der Waals surface area contributed by atoms with Gasteiger partial charge in [0.2, 0.25) is 0 Å². The number of aryl methyl sites for hydroxylation is 1. The Labute approximate surface area is 130 Å². The molecule has 2 heterocycles. The Morgan fingerprint density at radius 2 is 1.95 bits per heavy atom. The molecular weight excluding hydrogens is 278 g/mol. The summed E-state index contributed by atoms with van der Waals surface area (Å²) in [7, 11) is 1.83. The molecule has 116 valence electrons. The zero-order valence-corrected chi connectivity index (χ0v) is 12.8. The third-order valence-corrected chi connectivity index (χ3v) is 4.27. The van der Waals surface area contributed by atoms with Crippen molar-refractivity contribution in [3.8, 4) is 11.3 Å². The van der Waals surface area contributed by atoms with Crippen molar-refractivity contribution in [3.63, 3.8) is 0 Å². The Kier molecular flexibility index (Phi) is 4.24. The normalized spacial score (nSPS) is 16.0. The number of rotatable bonds is 3. The summed E-state index contributed by atoms with van der Waals surface area (Å²) in [5, 5.41) is 13.7. The lowest BCUT2D eigenvalue weighted by molar-refractivity contribution is 0.0651. The van der Waals surface area contributed by atoms with Crippen LogP contribution < -0.4 is 0 Å². The average Bonchev–Trinajstić information content (AvgIpc) is 2.97. The largest absolute Gasteiger partial charge is 0.396 e. The maximum Gasteiger partial charge on any atom is 0.257 e. The monoisotopic (exact) mass is 299 g/mol. The molecule has 1 amide bonds. The fourth-order valence-electron chi connectivity index (χ4n) is 2.94. The molecule has 0 atom stereocenters. The van der Waals surface area contributed by atoms with Crippen molar-refractivity contribution in [2.75, 3.05) is 19.7 Å². The van der Waals surface area contributed by atoms with Gasteiger partial charge in [0.15, 0.2) is 0 Å². The molecule has 1 aliphatic heterocycles. The Hall–Kier alpha value is -2.14. The van der Waals surface area contributed by atoms with E-state index in [9.17, 15) is 9.90 Å². The summed E-state index contributed by atoms with van der Waals surface area (Å²) >= 11 is 0. The Morgan fingerprint density at radius 3 is 2.59 bits per heavy atom. The minimum atomic E-state index is 0.0309. The van der Waals surface area contributed by atoms with Gasteiger partial charge in [-0.2, -0.15) is 5.10 Å². The lowest BCUT2D eigenvalue weighted by Gasteiger charge is -2.31. The van der Waals surface area contributed by atoms with Crippen LogP contribution in [0.1, 0.15) is 23.2 Å². The zero-order valence-electron chi connectivity index (χ0n) is 12.8. The quantitative estimate of drug-likeness (QED) is 0.942. The summed E-state index contributed by atoms with van der Waals surface area (Å²) in [5.41, 5.74) is 2.34. The van der Waals surface area contributed by atoms with Gasteiger partial charge in [0, 0.05) is 38.5 Å². The number of nitrogens with zero attached hydrogens (tertiary/aromatic N) is 3. The van der Waals surface area contributed by atoms with Crippen LogP contribution in [0.3, 0.4) is 0 Å². The van der Waals surface area contributed by atoms with E-state index in [4.69, 9.17) is 0 Å². The second-order valence-electron chi connectivity index (χ2n) is 5.85. The van der Waals surface area contributed by atoms with Gasteiger partial charge < -0.3 is 10.0 Å². The molecular formula is C17H21N3O2. The van der Waals surface area contributed by atoms with Gasteiger partial charge in [-0.15, -0.1) is 0 Å². The molecule has 1 N–H and O–H groups in total. The Bertz CT molecular complexity index is 643. The smallest absolute Gasteiger partial charge is 0.257 e. The summed E-state index contributed by atoms with van der Waals surface area (Å²) in [4.78, 5) is 14.7. The molecule has 1 fully saturated rings. The lowest BCUT2D eigenvalue weighted by atomic mass is 9.97. The molecule has 5 heteroatoms. The number of hydrogen-bond donors (Lipinski definition) is 1. The van der Waals surface area contributed by atoms with E-state index in [0.29, 0.717) is 24.6 Å². The minimum Gasteiger partial charge on any atom is -0.396 e. The number of carbonyl (C=O) groups is 1. The van der Waals surface area contributed by atoms with Crippen molar-refractivity contribution in [1.29, 1.82) is 0 Å². The Morgan fingerprint density at radius 1 is 1.27 bits per heavy atom. The summed E-state index contributed by atoms with van der Waals surface area (Å²) in [5.74, 6) is 0.356. The van der Waals surface area contributed by atoms with Crippen LogP contribution in [0.25, 0.3) is 11.3 Å². The first-order valence-electron chi connectivity index (χ1n) is 7.68. The number of aliphatic hydroxyl groups excluding tert-OH is 1. The van der Waals surface area contributed by atoms with Crippen molar-refractivity contribution >= 4 is 5.91 Å². The van der Waals surface area contributed by atoms with Crippen molar-refractivity contribution in [2.24, 2.45) is 13.0 Å². The lowest BCUT2D eigenvalue weighted by Crippen LogP contribution is -2.39. The van der Waals surface area contributed by atoms with Crippen LogP contribution in [0.5, 0.6) is 0 Å². The summed E-state index contributed by atoms with van der Waals surface area (Å²) in [6.07, 6.45) is 3.52. The first kappa shape index (κ1) is 14.8. The highest BCUT2D eigenvalue weighted by Gasteiger charge is 2.26. The predicted octanol–water partition coefficient (Wildman–Crippen LogP) is 1.93. The number of carbonyl (C=O) groups excluding carboxylic acids is 1. The van der Waals surface area contributed by atoms with Crippen molar-refractivity contribution in [3.05, 3.63) is 42.1 Å². The SMILES string of the molecule is Cn1cc(C(=O)N2CCC(CO)CC2)c(-c2ccccc2)n1. The number of likely N-dealkylation sites (tertiary alicyclic amines) is 1. The number of aliphatic hydroxyl groups is 1. The molecule has 0 aliphatic carbocycles. The van der Waals surface area contributed by atoms with E-state index in [1.54, 1.807) is 10.9 Å². The van der Waals surface area contributed by atoms with Gasteiger partial charge in [-0.1, -0.05) is 30.3 Å². The topological polar surface area (TPSA) is 58.4 Å². The van der Waals surface area contributed by atoms with E-state index >= 15 is 0 Å². The summed E-state index contributed by atoms with van der Waals surface area (Å²) in [6.45, 7) is 1.62. The number of aromatic nitrogens is 2. The number of hydrogen-bond acceptors (Lipinski definition) is 3. The zero-order chi connectivity index (χ0) is 15.5. The molecule has 0 saturated carbocycles. The third-order valence-electron chi connectivity index (χ3n) is 4.27. The Balaban J connectivity index is 1.85. The fourth-order valence-corrected chi connectivity index (χ4v) is 2.94. The molecule has 0 bridgehead atoms. The second-order valence-corrected chi connectivity index (χ2v) is 5.85. The van der Waals surface area contributed by atoms with Gasteiger partial charge >= 0.3 is 0 Å². The fraction of sp³-hybridized carbons (Fsp3) is 0.412. The molecule has 1 saturated heterocycles. The van der Waals surface area contributed by atoms with Gasteiger partial charge in [0.05, 0.1) is 5.56 Å². The van der Waals surface area contributed by atoms with E-state index in [1.165, 1.54) is 0 Å². The molecule has 0 unspecified atom stereocenters. The first-order chi connectivity index (χ1) is 10.7. The van der Waals surface area contributed by atoms with Gasteiger partial charge in [0.25, 0.3) is 5.91 Å². The van der Waals surface area contributed by atoms with Gasteiger partial charge in [-0.05, 0) is 18.8 Å². The number of benzene rings is 1. The van der Waals surface area contributed by atoms with Crippen LogP contribution in [0.15, 0.2) is 36.5 Å². The molecule has 0 radical (unpaired) electrons. The van der Waals surface area contributed by atoms with Crippen molar-refractivity contribution in [1.82, 2.24) is 14.7 Å². The molecule has 1 aromatic carbocycles. The molecule has 0 spiro atoms. The second kappa shape index (κ2) is 6.32. The van der Waals surface area contributed by atoms with E-state index in [1.807, 2.05) is 42.3 Å².